The SMILES string of the molecule is CNC(=O)c1ccc(C)c(Oc2ncnn3cc(C(=O)O)c(C)c23)c1. The molecule has 0 saturated heterocycles. The molecule has 3 aromatic rings. The summed E-state index contributed by atoms with van der Waals surface area (Å²) >= 11 is 0. The van der Waals surface area contributed by atoms with E-state index in [9.17, 15) is 14.7 Å². The number of carbonyl (C=O) groups excluding carboxylic acids is 1. The third kappa shape index (κ3) is 2.89. The van der Waals surface area contributed by atoms with E-state index in [-0.39, 0.29) is 17.4 Å². The molecule has 2 aromatic heterocycles. The molecule has 8 nitrogen and oxygen atoms in total. The van der Waals surface area contributed by atoms with E-state index in [0.717, 1.165) is 5.56 Å². The fourth-order valence-electron chi connectivity index (χ4n) is 2.52. The Bertz CT molecular complexity index is 994. The van der Waals surface area contributed by atoms with Gasteiger partial charge in [-0.3, -0.25) is 4.79 Å². The van der Waals surface area contributed by atoms with E-state index in [4.69, 9.17) is 4.74 Å². The van der Waals surface area contributed by atoms with E-state index < -0.39 is 5.97 Å². The number of aromatic carboxylic acids is 1. The predicted molar refractivity (Wildman–Crippen MR) is 89.3 cm³/mol. The van der Waals surface area contributed by atoms with Gasteiger partial charge in [-0.05, 0) is 37.1 Å². The van der Waals surface area contributed by atoms with Crippen molar-refractivity contribution in [3.8, 4) is 11.6 Å². The fourth-order valence-corrected chi connectivity index (χ4v) is 2.52. The Labute approximate surface area is 143 Å². The number of hydrogen-bond donors (Lipinski definition) is 2. The van der Waals surface area contributed by atoms with Crippen molar-refractivity contribution in [1.29, 1.82) is 0 Å². The third-order valence-electron chi connectivity index (χ3n) is 3.91. The molecule has 25 heavy (non-hydrogen) atoms. The Morgan fingerprint density at radius 1 is 1.28 bits per heavy atom. The molecule has 3 rings (SSSR count). The van der Waals surface area contributed by atoms with Crippen LogP contribution in [0.25, 0.3) is 5.52 Å². The number of rotatable bonds is 4. The minimum Gasteiger partial charge on any atom is -0.478 e. The molecule has 2 heterocycles. The van der Waals surface area contributed by atoms with Crippen LogP contribution in [0.5, 0.6) is 11.6 Å². The highest BCUT2D eigenvalue weighted by molar-refractivity contribution is 5.94. The molecule has 0 bridgehead atoms. The van der Waals surface area contributed by atoms with Crippen LogP contribution in [-0.2, 0) is 0 Å². The number of hydrogen-bond acceptors (Lipinski definition) is 5. The van der Waals surface area contributed by atoms with E-state index >= 15 is 0 Å². The Balaban J connectivity index is 2.10. The number of fused-ring (bicyclic) bond motifs is 1. The molecule has 0 fully saturated rings. The van der Waals surface area contributed by atoms with Gasteiger partial charge in [0, 0.05) is 18.8 Å². The highest BCUT2D eigenvalue weighted by Gasteiger charge is 2.19. The highest BCUT2D eigenvalue weighted by Crippen LogP contribution is 2.30. The van der Waals surface area contributed by atoms with Gasteiger partial charge in [0.1, 0.15) is 17.6 Å². The van der Waals surface area contributed by atoms with Gasteiger partial charge in [0.25, 0.3) is 5.91 Å². The van der Waals surface area contributed by atoms with Gasteiger partial charge >= 0.3 is 5.97 Å². The third-order valence-corrected chi connectivity index (χ3v) is 3.91. The lowest BCUT2D eigenvalue weighted by molar-refractivity contribution is 0.0696. The van der Waals surface area contributed by atoms with Gasteiger partial charge in [0.15, 0.2) is 0 Å². The zero-order valence-electron chi connectivity index (χ0n) is 13.9. The van der Waals surface area contributed by atoms with Crippen LogP contribution in [0.4, 0.5) is 0 Å². The lowest BCUT2D eigenvalue weighted by Crippen LogP contribution is -2.17. The van der Waals surface area contributed by atoms with Crippen molar-refractivity contribution in [3.63, 3.8) is 0 Å². The number of aromatic nitrogens is 3. The fraction of sp³-hybridized carbons (Fsp3) is 0.176. The smallest absolute Gasteiger partial charge is 0.337 e. The first-order valence-corrected chi connectivity index (χ1v) is 7.49. The van der Waals surface area contributed by atoms with E-state index in [1.807, 2.05) is 6.92 Å². The molecular weight excluding hydrogens is 324 g/mol. The first-order valence-electron chi connectivity index (χ1n) is 7.49. The van der Waals surface area contributed by atoms with Gasteiger partial charge in [-0.25, -0.2) is 9.31 Å². The van der Waals surface area contributed by atoms with E-state index in [1.54, 1.807) is 32.2 Å². The largest absolute Gasteiger partial charge is 0.478 e. The molecule has 128 valence electrons. The van der Waals surface area contributed by atoms with Crippen molar-refractivity contribution in [2.45, 2.75) is 13.8 Å². The molecular formula is C17H16N4O4. The predicted octanol–water partition coefficient (Wildman–Crippen LogP) is 2.20. The van der Waals surface area contributed by atoms with Crippen LogP contribution in [0.1, 0.15) is 31.8 Å². The van der Waals surface area contributed by atoms with Gasteiger partial charge in [0.2, 0.25) is 5.88 Å². The Morgan fingerprint density at radius 2 is 2.04 bits per heavy atom. The number of carboxylic acids is 1. The molecule has 0 atom stereocenters. The summed E-state index contributed by atoms with van der Waals surface area (Å²) in [4.78, 5) is 27.3. The number of carboxylic acid groups (broad SMARTS) is 1. The van der Waals surface area contributed by atoms with Crippen LogP contribution in [0.3, 0.4) is 0 Å². The molecule has 0 unspecified atom stereocenters. The van der Waals surface area contributed by atoms with Crippen LogP contribution >= 0.6 is 0 Å². The first kappa shape index (κ1) is 16.4. The van der Waals surface area contributed by atoms with Gasteiger partial charge in [0.05, 0.1) is 5.56 Å². The molecule has 0 saturated carbocycles. The van der Waals surface area contributed by atoms with Gasteiger partial charge in [-0.15, -0.1) is 0 Å². The lowest BCUT2D eigenvalue weighted by atomic mass is 10.1. The average Bonchev–Trinajstić information content (AvgIpc) is 2.94. The van der Waals surface area contributed by atoms with Crippen molar-refractivity contribution in [2.75, 3.05) is 7.05 Å². The zero-order valence-corrected chi connectivity index (χ0v) is 13.9. The highest BCUT2D eigenvalue weighted by atomic mass is 16.5. The van der Waals surface area contributed by atoms with Crippen LogP contribution in [0.2, 0.25) is 0 Å². The summed E-state index contributed by atoms with van der Waals surface area (Å²) in [6.07, 6.45) is 2.70. The summed E-state index contributed by atoms with van der Waals surface area (Å²) in [5.41, 5.74) is 2.35. The minimum atomic E-state index is -1.05. The molecule has 1 amide bonds. The topological polar surface area (TPSA) is 106 Å². The van der Waals surface area contributed by atoms with Crippen molar-refractivity contribution < 1.29 is 19.4 Å². The second-order valence-electron chi connectivity index (χ2n) is 5.49. The van der Waals surface area contributed by atoms with E-state index in [1.165, 1.54) is 17.0 Å². The molecule has 0 spiro atoms. The number of nitrogens with zero attached hydrogens (tertiary/aromatic N) is 3. The quantitative estimate of drug-likeness (QED) is 0.754. The second kappa shape index (κ2) is 6.23. The van der Waals surface area contributed by atoms with Crippen LogP contribution in [0.15, 0.2) is 30.7 Å². The average molecular weight is 340 g/mol. The maximum Gasteiger partial charge on any atom is 0.337 e. The Kier molecular flexibility index (Phi) is 4.10. The summed E-state index contributed by atoms with van der Waals surface area (Å²) in [6.45, 7) is 3.51. The molecule has 2 N–H and O–H groups in total. The standard InChI is InChI=1S/C17H16N4O4/c1-9-4-5-11(15(22)18-3)6-13(9)25-16-14-10(2)12(17(23)24)7-21(14)20-8-19-16/h4-8H,1-3H3,(H,18,22)(H,23,24). The zero-order chi connectivity index (χ0) is 18.1. The van der Waals surface area contributed by atoms with Crippen molar-refractivity contribution >= 4 is 17.4 Å². The van der Waals surface area contributed by atoms with E-state index in [0.29, 0.717) is 22.4 Å². The van der Waals surface area contributed by atoms with Gasteiger partial charge in [-0.2, -0.15) is 10.1 Å². The molecule has 1 aromatic carbocycles. The van der Waals surface area contributed by atoms with Crippen LogP contribution < -0.4 is 10.1 Å². The summed E-state index contributed by atoms with van der Waals surface area (Å²) < 4.78 is 7.30. The number of ether oxygens (including phenoxy) is 1. The van der Waals surface area contributed by atoms with Crippen molar-refractivity contribution in [1.82, 2.24) is 19.9 Å². The summed E-state index contributed by atoms with van der Waals surface area (Å²) in [6, 6.07) is 5.08. The number of carbonyl (C=O) groups is 2. The second-order valence-corrected chi connectivity index (χ2v) is 5.49. The molecule has 8 heteroatoms. The molecule has 0 aliphatic carbocycles. The number of nitrogens with one attached hydrogen (secondary N) is 1. The van der Waals surface area contributed by atoms with Crippen LogP contribution in [0, 0.1) is 13.8 Å². The van der Waals surface area contributed by atoms with Crippen molar-refractivity contribution in [2.24, 2.45) is 0 Å². The number of amides is 1. The normalized spacial score (nSPS) is 10.7. The molecule has 0 radical (unpaired) electrons. The Hall–Kier alpha value is -3.42. The van der Waals surface area contributed by atoms with Gasteiger partial charge < -0.3 is 15.2 Å². The minimum absolute atomic E-state index is 0.126. The first-order chi connectivity index (χ1) is 11.9. The van der Waals surface area contributed by atoms with Crippen molar-refractivity contribution in [3.05, 3.63) is 53.0 Å². The number of aryl methyl sites for hydroxylation is 2. The maximum absolute atomic E-state index is 11.8. The maximum atomic E-state index is 11.8. The molecule has 0 aliphatic heterocycles. The van der Waals surface area contributed by atoms with E-state index in [2.05, 4.69) is 15.4 Å². The summed E-state index contributed by atoms with van der Waals surface area (Å²) in [5.74, 6) is -0.604. The number of benzene rings is 1. The summed E-state index contributed by atoms with van der Waals surface area (Å²) in [7, 11) is 1.55. The Morgan fingerprint density at radius 3 is 2.72 bits per heavy atom. The van der Waals surface area contributed by atoms with Crippen LogP contribution in [-0.4, -0.2) is 38.6 Å². The van der Waals surface area contributed by atoms with Gasteiger partial charge in [-0.1, -0.05) is 6.07 Å². The monoisotopic (exact) mass is 340 g/mol. The lowest BCUT2D eigenvalue weighted by Gasteiger charge is -2.11. The molecule has 0 aliphatic rings. The summed E-state index contributed by atoms with van der Waals surface area (Å²) in [5, 5.41) is 15.9.